The summed E-state index contributed by atoms with van der Waals surface area (Å²) in [6, 6.07) is 0. The van der Waals surface area contributed by atoms with Gasteiger partial charge in [-0.05, 0) is 25.8 Å². The second-order valence-corrected chi connectivity index (χ2v) is 5.45. The van der Waals surface area contributed by atoms with E-state index in [0.717, 1.165) is 25.7 Å². The van der Waals surface area contributed by atoms with Crippen molar-refractivity contribution in [1.82, 2.24) is 5.32 Å². The molecule has 0 amide bonds. The Balaban J connectivity index is 2.45. The van der Waals surface area contributed by atoms with E-state index in [1.807, 2.05) is 0 Å². The smallest absolute Gasteiger partial charge is 0.0535 e. The zero-order valence-electron chi connectivity index (χ0n) is 11.3. The Hall–Kier alpha value is -0.0800. The third kappa shape index (κ3) is 4.06. The molecule has 16 heavy (non-hydrogen) atoms. The van der Waals surface area contributed by atoms with Gasteiger partial charge >= 0.3 is 0 Å². The number of rotatable bonds is 8. The maximum atomic E-state index is 5.62. The molecule has 2 heteroatoms. The molecule has 0 bridgehead atoms. The minimum absolute atomic E-state index is 0.434. The molecule has 96 valence electrons. The van der Waals surface area contributed by atoms with Crippen molar-refractivity contribution in [3.63, 3.8) is 0 Å². The molecule has 0 aromatic rings. The topological polar surface area (TPSA) is 21.3 Å². The Labute approximate surface area is 101 Å². The van der Waals surface area contributed by atoms with E-state index in [1.54, 1.807) is 0 Å². The van der Waals surface area contributed by atoms with Crippen molar-refractivity contribution in [2.75, 3.05) is 26.8 Å². The van der Waals surface area contributed by atoms with Gasteiger partial charge in [0.2, 0.25) is 0 Å². The van der Waals surface area contributed by atoms with Crippen LogP contribution in [0.2, 0.25) is 0 Å². The van der Waals surface area contributed by atoms with Gasteiger partial charge in [0.05, 0.1) is 6.61 Å². The number of ether oxygens (including phenoxy) is 1. The standard InChI is InChI=1S/C14H29NO/c1-4-6-7-13(5-2)10-14(11-15-3)8-9-16-12-14/h13,15H,4-12H2,1-3H3. The number of unbranched alkanes of at least 4 members (excludes halogenated alkanes) is 1. The highest BCUT2D eigenvalue weighted by Gasteiger charge is 2.35. The fourth-order valence-electron chi connectivity index (χ4n) is 2.95. The lowest BCUT2D eigenvalue weighted by molar-refractivity contribution is 0.129. The summed E-state index contributed by atoms with van der Waals surface area (Å²) in [5.74, 6) is 0.898. The molecule has 0 spiro atoms. The molecule has 1 aliphatic rings. The van der Waals surface area contributed by atoms with Crippen LogP contribution in [0.25, 0.3) is 0 Å². The summed E-state index contributed by atoms with van der Waals surface area (Å²) in [5, 5.41) is 3.36. The van der Waals surface area contributed by atoms with Crippen LogP contribution in [0.5, 0.6) is 0 Å². The Morgan fingerprint density at radius 3 is 2.69 bits per heavy atom. The molecule has 0 aromatic heterocycles. The molecule has 1 N–H and O–H groups in total. The molecule has 0 radical (unpaired) electrons. The van der Waals surface area contributed by atoms with Crippen molar-refractivity contribution in [1.29, 1.82) is 0 Å². The molecule has 1 saturated heterocycles. The van der Waals surface area contributed by atoms with Crippen molar-refractivity contribution in [2.45, 2.75) is 52.4 Å². The lowest BCUT2D eigenvalue weighted by atomic mass is 9.76. The summed E-state index contributed by atoms with van der Waals surface area (Å²) in [7, 11) is 2.06. The molecular formula is C14H29NO. The maximum Gasteiger partial charge on any atom is 0.0535 e. The van der Waals surface area contributed by atoms with Crippen molar-refractivity contribution in [3.8, 4) is 0 Å². The first kappa shape index (κ1) is 14.0. The molecular weight excluding hydrogens is 198 g/mol. The Morgan fingerprint density at radius 2 is 2.19 bits per heavy atom. The van der Waals surface area contributed by atoms with E-state index in [-0.39, 0.29) is 0 Å². The van der Waals surface area contributed by atoms with Gasteiger partial charge in [-0.2, -0.15) is 0 Å². The molecule has 1 rings (SSSR count). The van der Waals surface area contributed by atoms with Gasteiger partial charge in [0.1, 0.15) is 0 Å². The SMILES string of the molecule is CCCCC(CC)CC1(CNC)CCOC1. The van der Waals surface area contributed by atoms with Crippen molar-refractivity contribution in [2.24, 2.45) is 11.3 Å². The van der Waals surface area contributed by atoms with Crippen LogP contribution < -0.4 is 5.32 Å². The predicted octanol–water partition coefficient (Wildman–Crippen LogP) is 3.22. The van der Waals surface area contributed by atoms with E-state index in [1.165, 1.54) is 38.5 Å². The summed E-state index contributed by atoms with van der Waals surface area (Å²) >= 11 is 0. The highest BCUT2D eigenvalue weighted by atomic mass is 16.5. The van der Waals surface area contributed by atoms with Gasteiger partial charge in [-0.1, -0.05) is 39.5 Å². The van der Waals surface area contributed by atoms with Gasteiger partial charge in [-0.15, -0.1) is 0 Å². The van der Waals surface area contributed by atoms with E-state index in [4.69, 9.17) is 4.74 Å². The summed E-state index contributed by atoms with van der Waals surface area (Å²) in [4.78, 5) is 0. The number of hydrogen-bond donors (Lipinski definition) is 1. The van der Waals surface area contributed by atoms with Crippen LogP contribution >= 0.6 is 0 Å². The molecule has 0 saturated carbocycles. The molecule has 0 aromatic carbocycles. The lowest BCUT2D eigenvalue weighted by Gasteiger charge is -2.31. The quantitative estimate of drug-likeness (QED) is 0.687. The van der Waals surface area contributed by atoms with Crippen LogP contribution in [0.3, 0.4) is 0 Å². The summed E-state index contributed by atoms with van der Waals surface area (Å²) in [6.45, 7) is 7.68. The molecule has 1 aliphatic heterocycles. The summed E-state index contributed by atoms with van der Waals surface area (Å²) in [5.41, 5.74) is 0.434. The van der Waals surface area contributed by atoms with Crippen LogP contribution in [0, 0.1) is 11.3 Å². The zero-order chi connectivity index (χ0) is 11.9. The van der Waals surface area contributed by atoms with Crippen LogP contribution in [0.15, 0.2) is 0 Å². The van der Waals surface area contributed by atoms with Crippen LogP contribution in [0.1, 0.15) is 52.4 Å². The van der Waals surface area contributed by atoms with Gasteiger partial charge in [0.25, 0.3) is 0 Å². The first-order valence-electron chi connectivity index (χ1n) is 6.98. The highest BCUT2D eigenvalue weighted by Crippen LogP contribution is 2.37. The largest absolute Gasteiger partial charge is 0.381 e. The van der Waals surface area contributed by atoms with Crippen molar-refractivity contribution >= 4 is 0 Å². The van der Waals surface area contributed by atoms with E-state index in [9.17, 15) is 0 Å². The van der Waals surface area contributed by atoms with E-state index in [2.05, 4.69) is 26.2 Å². The monoisotopic (exact) mass is 227 g/mol. The Morgan fingerprint density at radius 1 is 1.38 bits per heavy atom. The molecule has 2 nitrogen and oxygen atoms in total. The molecule has 1 heterocycles. The number of hydrogen-bond acceptors (Lipinski definition) is 2. The third-order valence-corrected chi connectivity index (χ3v) is 4.00. The first-order chi connectivity index (χ1) is 7.76. The van der Waals surface area contributed by atoms with Crippen LogP contribution in [0.4, 0.5) is 0 Å². The second-order valence-electron chi connectivity index (χ2n) is 5.45. The fraction of sp³-hybridized carbons (Fsp3) is 1.00. The minimum atomic E-state index is 0.434. The third-order valence-electron chi connectivity index (χ3n) is 4.00. The fourth-order valence-corrected chi connectivity index (χ4v) is 2.95. The second kappa shape index (κ2) is 7.29. The van der Waals surface area contributed by atoms with Crippen molar-refractivity contribution < 1.29 is 4.74 Å². The zero-order valence-corrected chi connectivity index (χ0v) is 11.3. The maximum absolute atomic E-state index is 5.62. The van der Waals surface area contributed by atoms with Crippen LogP contribution in [-0.4, -0.2) is 26.8 Å². The molecule has 2 unspecified atom stereocenters. The van der Waals surface area contributed by atoms with Gasteiger partial charge in [0, 0.05) is 18.6 Å². The number of nitrogens with one attached hydrogen (secondary N) is 1. The van der Waals surface area contributed by atoms with Gasteiger partial charge in [0.15, 0.2) is 0 Å². The van der Waals surface area contributed by atoms with Gasteiger partial charge < -0.3 is 10.1 Å². The average molecular weight is 227 g/mol. The van der Waals surface area contributed by atoms with E-state index >= 15 is 0 Å². The van der Waals surface area contributed by atoms with Crippen LogP contribution in [-0.2, 0) is 4.74 Å². The van der Waals surface area contributed by atoms with Gasteiger partial charge in [-0.3, -0.25) is 0 Å². The average Bonchev–Trinajstić information content (AvgIpc) is 2.73. The summed E-state index contributed by atoms with van der Waals surface area (Å²) in [6.07, 6.45) is 8.03. The predicted molar refractivity (Wildman–Crippen MR) is 69.7 cm³/mol. The first-order valence-corrected chi connectivity index (χ1v) is 6.98. The Bertz CT molecular complexity index is 176. The molecule has 2 atom stereocenters. The van der Waals surface area contributed by atoms with E-state index in [0.29, 0.717) is 5.41 Å². The van der Waals surface area contributed by atoms with Crippen molar-refractivity contribution in [3.05, 3.63) is 0 Å². The molecule has 0 aliphatic carbocycles. The Kier molecular flexibility index (Phi) is 6.37. The van der Waals surface area contributed by atoms with Gasteiger partial charge in [-0.25, -0.2) is 0 Å². The van der Waals surface area contributed by atoms with E-state index < -0.39 is 0 Å². The normalized spacial score (nSPS) is 27.2. The summed E-state index contributed by atoms with van der Waals surface area (Å²) < 4.78 is 5.62. The minimum Gasteiger partial charge on any atom is -0.381 e. The lowest BCUT2D eigenvalue weighted by Crippen LogP contribution is -2.35. The highest BCUT2D eigenvalue weighted by molar-refractivity contribution is 4.87. The molecule has 1 fully saturated rings.